The summed E-state index contributed by atoms with van der Waals surface area (Å²) in [6.45, 7) is 4.87. The van der Waals surface area contributed by atoms with Gasteiger partial charge in [0.25, 0.3) is 5.91 Å². The predicted octanol–water partition coefficient (Wildman–Crippen LogP) is 2.61. The summed E-state index contributed by atoms with van der Waals surface area (Å²) in [7, 11) is 0. The van der Waals surface area contributed by atoms with Crippen LogP contribution in [0.5, 0.6) is 0 Å². The zero-order valence-corrected chi connectivity index (χ0v) is 14.3. The monoisotopic (exact) mass is 331 g/mol. The Labute approximate surface area is 142 Å². The van der Waals surface area contributed by atoms with Crippen LogP contribution in [0.25, 0.3) is 0 Å². The van der Waals surface area contributed by atoms with E-state index in [1.54, 1.807) is 24.2 Å². The Balaban J connectivity index is 1.78. The molecule has 1 fully saturated rings. The van der Waals surface area contributed by atoms with E-state index in [-0.39, 0.29) is 12.0 Å². The van der Waals surface area contributed by atoms with E-state index >= 15 is 0 Å². The van der Waals surface area contributed by atoms with Crippen LogP contribution in [0.3, 0.4) is 0 Å². The maximum atomic E-state index is 12.9. The van der Waals surface area contributed by atoms with Crippen molar-refractivity contribution in [3.63, 3.8) is 0 Å². The molecule has 6 nitrogen and oxygen atoms in total. The lowest BCUT2D eigenvalue weighted by atomic mass is 9.96. The fourth-order valence-corrected chi connectivity index (χ4v) is 3.49. The van der Waals surface area contributed by atoms with Crippen LogP contribution in [0.2, 0.25) is 0 Å². The van der Waals surface area contributed by atoms with E-state index in [0.29, 0.717) is 31.7 Å². The van der Waals surface area contributed by atoms with E-state index in [2.05, 4.69) is 4.98 Å². The summed E-state index contributed by atoms with van der Waals surface area (Å²) < 4.78 is 5.07. The molecule has 130 valence electrons. The molecule has 0 aliphatic carbocycles. The highest BCUT2D eigenvalue weighted by molar-refractivity contribution is 5.95. The molecular weight excluding hydrogens is 306 g/mol. The summed E-state index contributed by atoms with van der Waals surface area (Å²) in [6.07, 6.45) is 8.37. The van der Waals surface area contributed by atoms with Gasteiger partial charge in [0.2, 0.25) is 0 Å². The molecule has 1 saturated heterocycles. The summed E-state index contributed by atoms with van der Waals surface area (Å²) in [4.78, 5) is 32.7. The number of fused-ring (bicyclic) bond motifs is 1. The quantitative estimate of drug-likeness (QED) is 0.836. The maximum Gasteiger partial charge on any atom is 0.410 e. The highest BCUT2D eigenvalue weighted by atomic mass is 16.6. The molecule has 0 aromatic carbocycles. The van der Waals surface area contributed by atoms with Crippen molar-refractivity contribution in [1.82, 2.24) is 14.8 Å². The van der Waals surface area contributed by atoms with Gasteiger partial charge >= 0.3 is 6.09 Å². The highest BCUT2D eigenvalue weighted by Crippen LogP contribution is 2.24. The first-order valence-electron chi connectivity index (χ1n) is 8.87. The molecule has 1 aromatic rings. The van der Waals surface area contributed by atoms with Gasteiger partial charge in [-0.3, -0.25) is 9.78 Å². The van der Waals surface area contributed by atoms with Crippen molar-refractivity contribution in [2.75, 3.05) is 26.2 Å². The minimum Gasteiger partial charge on any atom is -0.450 e. The van der Waals surface area contributed by atoms with Crippen LogP contribution < -0.4 is 0 Å². The first kappa shape index (κ1) is 16.7. The lowest BCUT2D eigenvalue weighted by Gasteiger charge is -2.30. The van der Waals surface area contributed by atoms with E-state index in [0.717, 1.165) is 37.1 Å². The van der Waals surface area contributed by atoms with Gasteiger partial charge in [-0.1, -0.05) is 12.8 Å². The molecule has 0 bridgehead atoms. The van der Waals surface area contributed by atoms with Crippen LogP contribution in [-0.2, 0) is 17.7 Å². The Kier molecular flexibility index (Phi) is 5.33. The van der Waals surface area contributed by atoms with Gasteiger partial charge < -0.3 is 14.5 Å². The smallest absolute Gasteiger partial charge is 0.410 e. The number of likely N-dealkylation sites (tertiary alicyclic amines) is 1. The maximum absolute atomic E-state index is 12.9. The van der Waals surface area contributed by atoms with Crippen molar-refractivity contribution < 1.29 is 14.3 Å². The number of ether oxygens (including phenoxy) is 1. The predicted molar refractivity (Wildman–Crippen MR) is 89.7 cm³/mol. The van der Waals surface area contributed by atoms with Crippen molar-refractivity contribution in [1.29, 1.82) is 0 Å². The molecule has 2 aliphatic heterocycles. The normalized spacial score (nSPS) is 17.9. The Morgan fingerprint density at radius 2 is 1.83 bits per heavy atom. The molecule has 0 atom stereocenters. The average molecular weight is 331 g/mol. The number of carbonyl (C=O) groups is 2. The van der Waals surface area contributed by atoms with Gasteiger partial charge in [-0.25, -0.2) is 4.79 Å². The SMILES string of the molecule is CCOC(=O)N1CCc2c(cncc2C(=O)N2CCCCCC2)C1. The summed E-state index contributed by atoms with van der Waals surface area (Å²) in [5.74, 6) is 0.0887. The van der Waals surface area contributed by atoms with Crippen LogP contribution in [0.15, 0.2) is 12.4 Å². The number of carbonyl (C=O) groups excluding carboxylic acids is 2. The van der Waals surface area contributed by atoms with Crippen LogP contribution in [0.4, 0.5) is 4.79 Å². The van der Waals surface area contributed by atoms with Crippen LogP contribution in [-0.4, -0.2) is 53.0 Å². The Hall–Kier alpha value is -2.11. The lowest BCUT2D eigenvalue weighted by molar-refractivity contribution is 0.0759. The van der Waals surface area contributed by atoms with Gasteiger partial charge in [-0.2, -0.15) is 0 Å². The van der Waals surface area contributed by atoms with E-state index in [4.69, 9.17) is 4.74 Å². The molecular formula is C18H25N3O3. The topological polar surface area (TPSA) is 62.7 Å². The van der Waals surface area contributed by atoms with Gasteiger partial charge in [0.1, 0.15) is 0 Å². The van der Waals surface area contributed by atoms with Crippen LogP contribution in [0.1, 0.15) is 54.1 Å². The van der Waals surface area contributed by atoms with Gasteiger partial charge in [-0.05, 0) is 37.3 Å². The molecule has 0 spiro atoms. The van der Waals surface area contributed by atoms with Crippen molar-refractivity contribution >= 4 is 12.0 Å². The Bertz CT molecular complexity index is 610. The van der Waals surface area contributed by atoms with Crippen LogP contribution in [0, 0.1) is 0 Å². The second-order valence-electron chi connectivity index (χ2n) is 6.40. The Morgan fingerprint density at radius 1 is 1.08 bits per heavy atom. The molecule has 0 N–H and O–H groups in total. The summed E-state index contributed by atoms with van der Waals surface area (Å²) in [5, 5.41) is 0. The average Bonchev–Trinajstić information content (AvgIpc) is 2.89. The highest BCUT2D eigenvalue weighted by Gasteiger charge is 2.27. The van der Waals surface area contributed by atoms with Gasteiger partial charge in [0.05, 0.1) is 18.7 Å². The molecule has 1 aromatic heterocycles. The molecule has 0 saturated carbocycles. The Morgan fingerprint density at radius 3 is 2.54 bits per heavy atom. The third kappa shape index (κ3) is 3.52. The van der Waals surface area contributed by atoms with Crippen LogP contribution >= 0.6 is 0 Å². The molecule has 24 heavy (non-hydrogen) atoms. The fraction of sp³-hybridized carbons (Fsp3) is 0.611. The molecule has 0 radical (unpaired) electrons. The molecule has 3 rings (SSSR count). The van der Waals surface area contributed by atoms with Crippen molar-refractivity contribution in [3.05, 3.63) is 29.1 Å². The number of hydrogen-bond acceptors (Lipinski definition) is 4. The first-order valence-corrected chi connectivity index (χ1v) is 8.87. The van der Waals surface area contributed by atoms with Gasteiger partial charge in [-0.15, -0.1) is 0 Å². The van der Waals surface area contributed by atoms with Crippen molar-refractivity contribution in [2.24, 2.45) is 0 Å². The number of pyridine rings is 1. The van der Waals surface area contributed by atoms with Crippen molar-refractivity contribution in [3.8, 4) is 0 Å². The summed E-state index contributed by atoms with van der Waals surface area (Å²) in [6, 6.07) is 0. The number of nitrogens with zero attached hydrogens (tertiary/aromatic N) is 3. The third-order valence-electron chi connectivity index (χ3n) is 4.79. The number of aromatic nitrogens is 1. The number of hydrogen-bond donors (Lipinski definition) is 0. The molecule has 6 heteroatoms. The van der Waals surface area contributed by atoms with E-state index in [9.17, 15) is 9.59 Å². The lowest BCUT2D eigenvalue weighted by Crippen LogP contribution is -2.38. The summed E-state index contributed by atoms with van der Waals surface area (Å²) in [5.41, 5.74) is 2.70. The molecule has 3 heterocycles. The number of amides is 2. The second-order valence-corrected chi connectivity index (χ2v) is 6.40. The zero-order chi connectivity index (χ0) is 16.9. The molecule has 0 unspecified atom stereocenters. The first-order chi connectivity index (χ1) is 11.7. The standard InChI is InChI=1S/C18H25N3O3/c1-2-24-18(23)21-10-7-15-14(13-21)11-19-12-16(15)17(22)20-8-5-3-4-6-9-20/h11-12H,2-10,13H2,1H3. The van der Waals surface area contributed by atoms with E-state index in [1.807, 2.05) is 4.90 Å². The van der Waals surface area contributed by atoms with E-state index in [1.165, 1.54) is 12.8 Å². The molecule has 2 aliphatic rings. The van der Waals surface area contributed by atoms with Crippen molar-refractivity contribution in [2.45, 2.75) is 45.6 Å². The minimum absolute atomic E-state index is 0.0887. The minimum atomic E-state index is -0.299. The third-order valence-corrected chi connectivity index (χ3v) is 4.79. The van der Waals surface area contributed by atoms with E-state index < -0.39 is 0 Å². The van der Waals surface area contributed by atoms with Gasteiger partial charge in [0.15, 0.2) is 0 Å². The zero-order valence-electron chi connectivity index (χ0n) is 14.3. The largest absolute Gasteiger partial charge is 0.450 e. The van der Waals surface area contributed by atoms with Gasteiger partial charge in [0, 0.05) is 32.0 Å². The number of rotatable bonds is 2. The fourth-order valence-electron chi connectivity index (χ4n) is 3.49. The summed E-state index contributed by atoms with van der Waals surface area (Å²) >= 11 is 0. The second kappa shape index (κ2) is 7.64. The molecule has 2 amide bonds.